The monoisotopic (exact) mass is 245 g/mol. The Bertz CT molecular complexity index is 443. The molecule has 18 heavy (non-hydrogen) atoms. The highest BCUT2D eigenvalue weighted by Gasteiger charge is 2.35. The van der Waals surface area contributed by atoms with Gasteiger partial charge in [0.15, 0.2) is 0 Å². The van der Waals surface area contributed by atoms with Gasteiger partial charge in [-0.25, -0.2) is 0 Å². The lowest BCUT2D eigenvalue weighted by atomic mass is 9.99. The summed E-state index contributed by atoms with van der Waals surface area (Å²) in [5.74, 6) is 1.91. The summed E-state index contributed by atoms with van der Waals surface area (Å²) >= 11 is 0. The van der Waals surface area contributed by atoms with Gasteiger partial charge in [0.05, 0.1) is 0 Å². The Morgan fingerprint density at radius 3 is 3.06 bits per heavy atom. The predicted molar refractivity (Wildman–Crippen MR) is 73.9 cm³/mol. The lowest BCUT2D eigenvalue weighted by Crippen LogP contribution is -2.31. The number of benzene rings is 1. The SMILES string of the molecule is CC1CCC(C)(Oc2cccc3c2CNCC3)C1. The van der Waals surface area contributed by atoms with Gasteiger partial charge in [-0.05, 0) is 56.7 Å². The van der Waals surface area contributed by atoms with Crippen molar-refractivity contribution >= 4 is 0 Å². The van der Waals surface area contributed by atoms with Crippen LogP contribution in [0.1, 0.15) is 44.2 Å². The zero-order chi connectivity index (χ0) is 12.6. The van der Waals surface area contributed by atoms with Gasteiger partial charge in [-0.3, -0.25) is 0 Å². The van der Waals surface area contributed by atoms with Crippen molar-refractivity contribution in [2.45, 2.75) is 51.7 Å². The van der Waals surface area contributed by atoms with E-state index in [4.69, 9.17) is 4.74 Å². The molecule has 98 valence electrons. The maximum atomic E-state index is 6.39. The molecule has 1 N–H and O–H groups in total. The van der Waals surface area contributed by atoms with Gasteiger partial charge in [0.2, 0.25) is 0 Å². The van der Waals surface area contributed by atoms with Crippen LogP contribution in [0.15, 0.2) is 18.2 Å². The first-order chi connectivity index (χ1) is 8.66. The molecule has 1 aliphatic heterocycles. The quantitative estimate of drug-likeness (QED) is 0.863. The largest absolute Gasteiger partial charge is 0.487 e. The van der Waals surface area contributed by atoms with E-state index in [1.807, 2.05) is 0 Å². The van der Waals surface area contributed by atoms with Crippen molar-refractivity contribution < 1.29 is 4.74 Å². The fraction of sp³-hybridized carbons (Fsp3) is 0.625. The third kappa shape index (κ3) is 2.26. The third-order valence-electron chi connectivity index (χ3n) is 4.41. The van der Waals surface area contributed by atoms with Crippen LogP contribution in [0.4, 0.5) is 0 Å². The highest BCUT2D eigenvalue weighted by Crippen LogP contribution is 2.39. The summed E-state index contributed by atoms with van der Waals surface area (Å²) in [4.78, 5) is 0. The van der Waals surface area contributed by atoms with Gasteiger partial charge in [0, 0.05) is 12.1 Å². The second kappa shape index (κ2) is 4.58. The van der Waals surface area contributed by atoms with Crippen molar-refractivity contribution in [3.63, 3.8) is 0 Å². The van der Waals surface area contributed by atoms with Crippen molar-refractivity contribution in [1.82, 2.24) is 5.32 Å². The van der Waals surface area contributed by atoms with Crippen LogP contribution in [0.5, 0.6) is 5.75 Å². The molecule has 1 aliphatic carbocycles. The van der Waals surface area contributed by atoms with Crippen LogP contribution < -0.4 is 10.1 Å². The molecule has 1 aromatic carbocycles. The number of ether oxygens (including phenoxy) is 1. The molecule has 3 rings (SSSR count). The van der Waals surface area contributed by atoms with E-state index < -0.39 is 0 Å². The standard InChI is InChI=1S/C16H23NO/c1-12-6-8-16(2,10-12)18-15-5-3-4-13-7-9-17-11-14(13)15/h3-5,12,17H,6-11H2,1-2H3. The Labute approximate surface area is 110 Å². The zero-order valence-electron chi connectivity index (χ0n) is 11.5. The van der Waals surface area contributed by atoms with Crippen LogP contribution in [0.3, 0.4) is 0 Å². The summed E-state index contributed by atoms with van der Waals surface area (Å²) in [5, 5.41) is 3.45. The summed E-state index contributed by atoms with van der Waals surface area (Å²) in [6, 6.07) is 6.52. The molecule has 0 aromatic heterocycles. The number of nitrogens with one attached hydrogen (secondary N) is 1. The van der Waals surface area contributed by atoms with Gasteiger partial charge < -0.3 is 10.1 Å². The number of rotatable bonds is 2. The Balaban J connectivity index is 1.84. The molecule has 2 unspecified atom stereocenters. The number of fused-ring (bicyclic) bond motifs is 1. The van der Waals surface area contributed by atoms with Gasteiger partial charge in [-0.1, -0.05) is 19.1 Å². The van der Waals surface area contributed by atoms with E-state index in [9.17, 15) is 0 Å². The molecule has 0 bridgehead atoms. The molecule has 2 nitrogen and oxygen atoms in total. The van der Waals surface area contributed by atoms with Crippen LogP contribution in [-0.4, -0.2) is 12.1 Å². The molecule has 0 spiro atoms. The van der Waals surface area contributed by atoms with Crippen molar-refractivity contribution in [1.29, 1.82) is 0 Å². The van der Waals surface area contributed by atoms with Gasteiger partial charge in [0.25, 0.3) is 0 Å². The lowest BCUT2D eigenvalue weighted by molar-refractivity contribution is 0.0911. The minimum absolute atomic E-state index is 0.0476. The maximum Gasteiger partial charge on any atom is 0.124 e. The van der Waals surface area contributed by atoms with Crippen LogP contribution in [0.2, 0.25) is 0 Å². The highest BCUT2D eigenvalue weighted by atomic mass is 16.5. The molecule has 0 amide bonds. The van der Waals surface area contributed by atoms with Crippen molar-refractivity contribution in [3.05, 3.63) is 29.3 Å². The molecule has 0 radical (unpaired) electrons. The summed E-state index contributed by atoms with van der Waals surface area (Å²) in [6.07, 6.45) is 4.79. The average molecular weight is 245 g/mol. The van der Waals surface area contributed by atoms with Crippen LogP contribution in [0.25, 0.3) is 0 Å². The lowest BCUT2D eigenvalue weighted by Gasteiger charge is -2.29. The second-order valence-electron chi connectivity index (χ2n) is 6.22. The molecule has 1 heterocycles. The van der Waals surface area contributed by atoms with E-state index >= 15 is 0 Å². The summed E-state index contributed by atoms with van der Waals surface area (Å²) < 4.78 is 6.39. The van der Waals surface area contributed by atoms with Crippen LogP contribution in [-0.2, 0) is 13.0 Å². The van der Waals surface area contributed by atoms with Crippen molar-refractivity contribution in [3.8, 4) is 5.75 Å². The summed E-state index contributed by atoms with van der Waals surface area (Å²) in [5.41, 5.74) is 2.89. The normalized spacial score (nSPS) is 31.1. The van der Waals surface area contributed by atoms with Crippen molar-refractivity contribution in [2.24, 2.45) is 5.92 Å². The zero-order valence-corrected chi connectivity index (χ0v) is 11.5. The first-order valence-corrected chi connectivity index (χ1v) is 7.17. The summed E-state index contributed by atoms with van der Waals surface area (Å²) in [7, 11) is 0. The summed E-state index contributed by atoms with van der Waals surface area (Å²) in [6.45, 7) is 6.64. The van der Waals surface area contributed by atoms with Gasteiger partial charge >= 0.3 is 0 Å². The van der Waals surface area contributed by atoms with Crippen LogP contribution in [0, 0.1) is 5.92 Å². The molecule has 2 heteroatoms. The highest BCUT2D eigenvalue weighted by molar-refractivity contribution is 5.42. The molecule has 2 aliphatic rings. The molecular weight excluding hydrogens is 222 g/mol. The minimum atomic E-state index is 0.0476. The fourth-order valence-electron chi connectivity index (χ4n) is 3.43. The topological polar surface area (TPSA) is 21.3 Å². The second-order valence-corrected chi connectivity index (χ2v) is 6.22. The minimum Gasteiger partial charge on any atom is -0.487 e. The molecular formula is C16H23NO. The van der Waals surface area contributed by atoms with Gasteiger partial charge in [0.1, 0.15) is 11.4 Å². The van der Waals surface area contributed by atoms with Crippen LogP contribution >= 0.6 is 0 Å². The van der Waals surface area contributed by atoms with E-state index in [1.165, 1.54) is 30.4 Å². The fourth-order valence-corrected chi connectivity index (χ4v) is 3.43. The Kier molecular flexibility index (Phi) is 3.06. The molecule has 0 saturated heterocycles. The van der Waals surface area contributed by atoms with E-state index in [0.717, 1.165) is 31.2 Å². The molecule has 1 aromatic rings. The number of hydrogen-bond acceptors (Lipinski definition) is 2. The first-order valence-electron chi connectivity index (χ1n) is 7.17. The van der Waals surface area contributed by atoms with Crippen molar-refractivity contribution in [2.75, 3.05) is 6.54 Å². The molecule has 2 atom stereocenters. The molecule has 1 saturated carbocycles. The Morgan fingerprint density at radius 1 is 1.39 bits per heavy atom. The van der Waals surface area contributed by atoms with E-state index in [1.54, 1.807) is 0 Å². The predicted octanol–water partition coefficient (Wildman–Crippen LogP) is 3.29. The van der Waals surface area contributed by atoms with E-state index in [2.05, 4.69) is 37.4 Å². The van der Waals surface area contributed by atoms with E-state index in [0.29, 0.717) is 0 Å². The number of hydrogen-bond donors (Lipinski definition) is 1. The van der Waals surface area contributed by atoms with Gasteiger partial charge in [-0.2, -0.15) is 0 Å². The Hall–Kier alpha value is -1.02. The first kappa shape index (κ1) is 12.0. The van der Waals surface area contributed by atoms with Gasteiger partial charge in [-0.15, -0.1) is 0 Å². The third-order valence-corrected chi connectivity index (χ3v) is 4.41. The average Bonchev–Trinajstić information content (AvgIpc) is 2.70. The maximum absolute atomic E-state index is 6.39. The smallest absolute Gasteiger partial charge is 0.124 e. The Morgan fingerprint density at radius 2 is 2.28 bits per heavy atom. The molecule has 1 fully saturated rings. The van der Waals surface area contributed by atoms with E-state index in [-0.39, 0.29) is 5.60 Å².